The van der Waals surface area contributed by atoms with E-state index in [4.69, 9.17) is 5.73 Å². The van der Waals surface area contributed by atoms with Gasteiger partial charge in [0.05, 0.1) is 17.8 Å². The molecule has 0 amide bonds. The lowest BCUT2D eigenvalue weighted by Crippen LogP contribution is -2.28. The van der Waals surface area contributed by atoms with E-state index in [0.717, 1.165) is 23.6 Å². The van der Waals surface area contributed by atoms with E-state index in [1.165, 1.54) is 5.56 Å². The van der Waals surface area contributed by atoms with E-state index < -0.39 is 0 Å². The SMILES string of the molecule is CC1(c2cccc(NCc3ccccn3)c2)CCSC(N)=N1. The minimum Gasteiger partial charge on any atom is -0.379 e. The minimum absolute atomic E-state index is 0.224. The standard InChI is InChI=1S/C17H20N4S/c1-17(8-10-22-16(18)21-17)13-5-4-7-14(11-13)20-12-15-6-2-3-9-19-15/h2-7,9,11,20H,8,10,12H2,1H3,(H2,18,21). The largest absolute Gasteiger partial charge is 0.379 e. The zero-order valence-electron chi connectivity index (χ0n) is 12.6. The fraction of sp³-hybridized carbons (Fsp3) is 0.294. The number of thioether (sulfide) groups is 1. The first-order valence-electron chi connectivity index (χ1n) is 7.38. The van der Waals surface area contributed by atoms with Crippen molar-refractivity contribution in [2.45, 2.75) is 25.4 Å². The summed E-state index contributed by atoms with van der Waals surface area (Å²) in [6.45, 7) is 2.86. The zero-order valence-corrected chi connectivity index (χ0v) is 13.4. The van der Waals surface area contributed by atoms with Gasteiger partial charge in [0.2, 0.25) is 0 Å². The molecular weight excluding hydrogens is 292 g/mol. The van der Waals surface area contributed by atoms with Crippen LogP contribution in [0.3, 0.4) is 0 Å². The highest BCUT2D eigenvalue weighted by molar-refractivity contribution is 8.13. The Balaban J connectivity index is 1.77. The summed E-state index contributed by atoms with van der Waals surface area (Å²) in [5, 5.41) is 4.10. The van der Waals surface area contributed by atoms with E-state index in [0.29, 0.717) is 11.7 Å². The number of amidine groups is 1. The van der Waals surface area contributed by atoms with E-state index in [-0.39, 0.29) is 5.54 Å². The average Bonchev–Trinajstić information content (AvgIpc) is 2.54. The Hall–Kier alpha value is -2.01. The summed E-state index contributed by atoms with van der Waals surface area (Å²) in [4.78, 5) is 8.99. The first-order chi connectivity index (χ1) is 10.7. The number of aliphatic imine (C=N–C) groups is 1. The summed E-state index contributed by atoms with van der Waals surface area (Å²) in [5.74, 6) is 1.01. The number of hydrogen-bond donors (Lipinski definition) is 2. The molecule has 2 aromatic rings. The number of benzene rings is 1. The maximum absolute atomic E-state index is 5.91. The van der Waals surface area contributed by atoms with Gasteiger partial charge in [-0.25, -0.2) is 0 Å². The first kappa shape index (κ1) is 14.9. The smallest absolute Gasteiger partial charge is 0.154 e. The quantitative estimate of drug-likeness (QED) is 0.908. The van der Waals surface area contributed by atoms with Gasteiger partial charge in [-0.05, 0) is 43.2 Å². The van der Waals surface area contributed by atoms with Crippen LogP contribution in [0.5, 0.6) is 0 Å². The fourth-order valence-electron chi connectivity index (χ4n) is 2.55. The van der Waals surface area contributed by atoms with Crippen molar-refractivity contribution in [1.82, 2.24) is 4.98 Å². The molecule has 1 aliphatic rings. The third-order valence-corrected chi connectivity index (χ3v) is 4.68. The van der Waals surface area contributed by atoms with Crippen molar-refractivity contribution in [3.8, 4) is 0 Å². The predicted octanol–water partition coefficient (Wildman–Crippen LogP) is 3.36. The van der Waals surface area contributed by atoms with E-state index in [1.54, 1.807) is 11.8 Å². The molecule has 3 N–H and O–H groups in total. The number of nitrogens with one attached hydrogen (secondary N) is 1. The Kier molecular flexibility index (Phi) is 4.34. The highest BCUT2D eigenvalue weighted by atomic mass is 32.2. The van der Waals surface area contributed by atoms with Gasteiger partial charge < -0.3 is 11.1 Å². The van der Waals surface area contributed by atoms with Crippen molar-refractivity contribution in [1.29, 1.82) is 0 Å². The van der Waals surface area contributed by atoms with E-state index >= 15 is 0 Å². The molecule has 0 saturated carbocycles. The Morgan fingerprint density at radius 2 is 2.18 bits per heavy atom. The monoisotopic (exact) mass is 312 g/mol. The number of anilines is 1. The molecule has 114 valence electrons. The van der Waals surface area contributed by atoms with Crippen LogP contribution in [0.4, 0.5) is 5.69 Å². The fourth-order valence-corrected chi connectivity index (χ4v) is 3.53. The maximum atomic E-state index is 5.91. The summed E-state index contributed by atoms with van der Waals surface area (Å²) in [6.07, 6.45) is 2.81. The van der Waals surface area contributed by atoms with Crippen LogP contribution in [0.2, 0.25) is 0 Å². The van der Waals surface area contributed by atoms with Crippen molar-refractivity contribution in [2.75, 3.05) is 11.1 Å². The highest BCUT2D eigenvalue weighted by Crippen LogP contribution is 2.35. The second kappa shape index (κ2) is 6.40. The van der Waals surface area contributed by atoms with Crippen molar-refractivity contribution in [2.24, 2.45) is 10.7 Å². The van der Waals surface area contributed by atoms with Crippen LogP contribution in [0.25, 0.3) is 0 Å². The molecule has 2 heterocycles. The van der Waals surface area contributed by atoms with Crippen LogP contribution in [0.15, 0.2) is 53.7 Å². The third-order valence-electron chi connectivity index (χ3n) is 3.88. The number of nitrogens with zero attached hydrogens (tertiary/aromatic N) is 2. The lowest BCUT2D eigenvalue weighted by molar-refractivity contribution is 0.482. The zero-order chi connectivity index (χ0) is 15.4. The van der Waals surface area contributed by atoms with Crippen molar-refractivity contribution < 1.29 is 0 Å². The normalized spacial score (nSPS) is 21.2. The second-order valence-electron chi connectivity index (χ2n) is 5.58. The molecule has 0 bridgehead atoms. The maximum Gasteiger partial charge on any atom is 0.154 e. The number of nitrogens with two attached hydrogens (primary N) is 1. The second-order valence-corrected chi connectivity index (χ2v) is 6.69. The molecule has 0 saturated heterocycles. The van der Waals surface area contributed by atoms with E-state index in [1.807, 2.05) is 24.4 Å². The van der Waals surface area contributed by atoms with Crippen molar-refractivity contribution in [3.05, 3.63) is 59.9 Å². The van der Waals surface area contributed by atoms with Crippen LogP contribution in [0, 0.1) is 0 Å². The Morgan fingerprint density at radius 3 is 2.95 bits per heavy atom. The lowest BCUT2D eigenvalue weighted by Gasteiger charge is -2.30. The summed E-state index contributed by atoms with van der Waals surface area (Å²) in [5.41, 5.74) is 8.98. The van der Waals surface area contributed by atoms with Gasteiger partial charge >= 0.3 is 0 Å². The van der Waals surface area contributed by atoms with Gasteiger partial charge in [0.1, 0.15) is 0 Å². The highest BCUT2D eigenvalue weighted by Gasteiger charge is 2.29. The topological polar surface area (TPSA) is 63.3 Å². The molecule has 0 radical (unpaired) electrons. The van der Waals surface area contributed by atoms with E-state index in [2.05, 4.69) is 46.5 Å². The molecule has 4 nitrogen and oxygen atoms in total. The van der Waals surface area contributed by atoms with Crippen molar-refractivity contribution in [3.63, 3.8) is 0 Å². The first-order valence-corrected chi connectivity index (χ1v) is 8.37. The molecule has 1 atom stereocenters. The van der Waals surface area contributed by atoms with Crippen LogP contribution in [0.1, 0.15) is 24.6 Å². The molecule has 1 aliphatic heterocycles. The van der Waals surface area contributed by atoms with Crippen molar-refractivity contribution >= 4 is 22.6 Å². The molecule has 22 heavy (non-hydrogen) atoms. The number of aromatic nitrogens is 1. The molecule has 0 fully saturated rings. The number of hydrogen-bond acceptors (Lipinski definition) is 5. The van der Waals surface area contributed by atoms with Gasteiger partial charge in [-0.15, -0.1) is 0 Å². The molecule has 1 aromatic carbocycles. The Bertz CT molecular complexity index is 671. The van der Waals surface area contributed by atoms with Gasteiger partial charge in [-0.3, -0.25) is 9.98 Å². The Labute approximate surface area is 135 Å². The third kappa shape index (κ3) is 3.42. The summed E-state index contributed by atoms with van der Waals surface area (Å²) in [7, 11) is 0. The molecule has 5 heteroatoms. The number of pyridine rings is 1. The number of rotatable bonds is 4. The summed E-state index contributed by atoms with van der Waals surface area (Å²) < 4.78 is 0. The molecule has 1 unspecified atom stereocenters. The van der Waals surface area contributed by atoms with Crippen LogP contribution in [-0.4, -0.2) is 15.9 Å². The van der Waals surface area contributed by atoms with Gasteiger partial charge in [-0.1, -0.05) is 30.0 Å². The summed E-state index contributed by atoms with van der Waals surface area (Å²) >= 11 is 1.63. The predicted molar refractivity (Wildman–Crippen MR) is 94.1 cm³/mol. The molecule has 0 aliphatic carbocycles. The van der Waals surface area contributed by atoms with Crippen LogP contribution >= 0.6 is 11.8 Å². The summed E-state index contributed by atoms with van der Waals surface area (Å²) in [6, 6.07) is 14.4. The molecule has 3 rings (SSSR count). The van der Waals surface area contributed by atoms with Crippen LogP contribution in [-0.2, 0) is 12.1 Å². The van der Waals surface area contributed by atoms with Crippen LogP contribution < -0.4 is 11.1 Å². The molecular formula is C17H20N4S. The minimum atomic E-state index is -0.224. The molecule has 0 spiro atoms. The van der Waals surface area contributed by atoms with Gasteiger partial charge in [0, 0.05) is 17.6 Å². The molecule has 1 aromatic heterocycles. The average molecular weight is 312 g/mol. The van der Waals surface area contributed by atoms with Gasteiger partial charge in [0.25, 0.3) is 0 Å². The van der Waals surface area contributed by atoms with Gasteiger partial charge in [-0.2, -0.15) is 0 Å². The van der Waals surface area contributed by atoms with E-state index in [9.17, 15) is 0 Å². The lowest BCUT2D eigenvalue weighted by atomic mass is 9.89. The Morgan fingerprint density at radius 1 is 1.27 bits per heavy atom. The van der Waals surface area contributed by atoms with Gasteiger partial charge in [0.15, 0.2) is 5.17 Å².